The van der Waals surface area contributed by atoms with Gasteiger partial charge in [0.1, 0.15) is 0 Å². The van der Waals surface area contributed by atoms with Gasteiger partial charge in [0.25, 0.3) is 0 Å². The number of aryl methyl sites for hydroxylation is 2. The highest BCUT2D eigenvalue weighted by molar-refractivity contribution is 5.46. The van der Waals surface area contributed by atoms with E-state index in [1.165, 1.54) is 11.1 Å². The summed E-state index contributed by atoms with van der Waals surface area (Å²) in [6, 6.07) is 2.16. The van der Waals surface area contributed by atoms with Crippen LogP contribution >= 0.6 is 0 Å². The molecule has 0 fully saturated rings. The lowest BCUT2D eigenvalue weighted by Crippen LogP contribution is -1.89. The van der Waals surface area contributed by atoms with E-state index in [-0.39, 0.29) is 0 Å². The average Bonchev–Trinajstić information content (AvgIpc) is 2.04. The minimum Gasteiger partial charge on any atom is -0.256 e. The van der Waals surface area contributed by atoms with E-state index < -0.39 is 0 Å². The van der Waals surface area contributed by atoms with Gasteiger partial charge in [0.05, 0.1) is 5.69 Å². The summed E-state index contributed by atoms with van der Waals surface area (Å²) < 4.78 is 0. The summed E-state index contributed by atoms with van der Waals surface area (Å²) in [7, 11) is 0. The van der Waals surface area contributed by atoms with Crippen LogP contribution in [-0.2, 0) is 6.42 Å². The number of hydrogen-bond acceptors (Lipinski definition) is 1. The highest BCUT2D eigenvalue weighted by atomic mass is 14.7. The maximum Gasteiger partial charge on any atom is 0.0653 e. The number of hydrogen-bond donors (Lipinski definition) is 0. The number of nitrogens with zero attached hydrogens (tertiary/aromatic N) is 1. The molecule has 0 aliphatic carbocycles. The second-order valence-corrected chi connectivity index (χ2v) is 2.60. The van der Waals surface area contributed by atoms with Crippen LogP contribution in [0.5, 0.6) is 0 Å². The fourth-order valence-corrected chi connectivity index (χ4v) is 1.05. The fraction of sp³-hybridized carbons (Fsp3) is 0.300. The molecule has 1 aromatic rings. The molecule has 58 valence electrons. The van der Waals surface area contributed by atoms with Crippen molar-refractivity contribution in [2.45, 2.75) is 20.3 Å². The zero-order chi connectivity index (χ0) is 8.27. The largest absolute Gasteiger partial charge is 0.256 e. The summed E-state index contributed by atoms with van der Waals surface area (Å²) in [6.45, 7) is 7.87. The van der Waals surface area contributed by atoms with Crippen LogP contribution in [0.25, 0.3) is 6.08 Å². The third-order valence-electron chi connectivity index (χ3n) is 1.78. The van der Waals surface area contributed by atoms with E-state index in [1.807, 2.05) is 6.20 Å². The van der Waals surface area contributed by atoms with Gasteiger partial charge in [0.15, 0.2) is 0 Å². The summed E-state index contributed by atoms with van der Waals surface area (Å²) in [5.41, 5.74) is 3.48. The minimum atomic E-state index is 0.988. The molecule has 0 aliphatic rings. The Kier molecular flexibility index (Phi) is 2.42. The Labute approximate surface area is 67.8 Å². The molecule has 0 spiro atoms. The number of aromatic nitrogens is 1. The first-order valence-corrected chi connectivity index (χ1v) is 3.86. The predicted octanol–water partition coefficient (Wildman–Crippen LogP) is 2.60. The predicted molar refractivity (Wildman–Crippen MR) is 48.4 cm³/mol. The van der Waals surface area contributed by atoms with Gasteiger partial charge in [-0.1, -0.05) is 19.6 Å². The Morgan fingerprint density at radius 1 is 1.64 bits per heavy atom. The molecular formula is C10H13N. The van der Waals surface area contributed by atoms with Crippen LogP contribution in [0.4, 0.5) is 0 Å². The van der Waals surface area contributed by atoms with Crippen LogP contribution in [-0.4, -0.2) is 4.98 Å². The van der Waals surface area contributed by atoms with Gasteiger partial charge in [-0.3, -0.25) is 4.98 Å². The summed E-state index contributed by atoms with van der Waals surface area (Å²) in [4.78, 5) is 4.25. The van der Waals surface area contributed by atoms with Crippen molar-refractivity contribution in [1.82, 2.24) is 4.98 Å². The highest BCUT2D eigenvalue weighted by Gasteiger charge is 1.95. The van der Waals surface area contributed by atoms with E-state index in [4.69, 9.17) is 0 Å². The van der Waals surface area contributed by atoms with Crippen LogP contribution in [0.2, 0.25) is 0 Å². The average molecular weight is 147 g/mol. The third kappa shape index (κ3) is 1.67. The second-order valence-electron chi connectivity index (χ2n) is 2.60. The lowest BCUT2D eigenvalue weighted by molar-refractivity contribution is 1.08. The molecule has 0 amide bonds. The molecule has 11 heavy (non-hydrogen) atoms. The zero-order valence-corrected chi connectivity index (χ0v) is 7.09. The first kappa shape index (κ1) is 7.99. The third-order valence-corrected chi connectivity index (χ3v) is 1.78. The lowest BCUT2D eigenvalue weighted by atomic mass is 10.1. The van der Waals surface area contributed by atoms with Crippen LogP contribution < -0.4 is 0 Å². The number of pyridine rings is 1. The van der Waals surface area contributed by atoms with Crippen molar-refractivity contribution in [3.8, 4) is 0 Å². The second kappa shape index (κ2) is 3.33. The van der Waals surface area contributed by atoms with Gasteiger partial charge in [-0.2, -0.15) is 0 Å². The molecule has 1 heteroatoms. The van der Waals surface area contributed by atoms with E-state index in [0.29, 0.717) is 0 Å². The van der Waals surface area contributed by atoms with Gasteiger partial charge in [0.2, 0.25) is 0 Å². The molecule has 0 bridgehead atoms. The monoisotopic (exact) mass is 147 g/mol. The first-order valence-electron chi connectivity index (χ1n) is 3.86. The van der Waals surface area contributed by atoms with Crippen molar-refractivity contribution in [2.24, 2.45) is 0 Å². The smallest absolute Gasteiger partial charge is 0.0653 e. The SMILES string of the molecule is C=Cc1ncc(CC)cc1C. The van der Waals surface area contributed by atoms with Crippen molar-refractivity contribution in [3.05, 3.63) is 35.7 Å². The normalized spacial score (nSPS) is 9.64. The van der Waals surface area contributed by atoms with Crippen LogP contribution in [0, 0.1) is 6.92 Å². The molecule has 1 aromatic heterocycles. The Hall–Kier alpha value is -1.11. The Balaban J connectivity index is 3.09. The van der Waals surface area contributed by atoms with Crippen LogP contribution in [0.1, 0.15) is 23.7 Å². The molecule has 1 rings (SSSR count). The van der Waals surface area contributed by atoms with Crippen molar-refractivity contribution < 1.29 is 0 Å². The molecule has 0 atom stereocenters. The molecule has 0 N–H and O–H groups in total. The van der Waals surface area contributed by atoms with E-state index in [9.17, 15) is 0 Å². The molecule has 0 radical (unpaired) electrons. The topological polar surface area (TPSA) is 12.9 Å². The Morgan fingerprint density at radius 3 is 2.82 bits per heavy atom. The van der Waals surface area contributed by atoms with Crippen LogP contribution in [0.3, 0.4) is 0 Å². The molecule has 0 saturated carbocycles. The Morgan fingerprint density at radius 2 is 2.36 bits per heavy atom. The molecule has 1 heterocycles. The minimum absolute atomic E-state index is 0.988. The van der Waals surface area contributed by atoms with Gasteiger partial charge in [-0.05, 0) is 30.5 Å². The van der Waals surface area contributed by atoms with Gasteiger partial charge < -0.3 is 0 Å². The van der Waals surface area contributed by atoms with Gasteiger partial charge in [0, 0.05) is 6.20 Å². The van der Waals surface area contributed by atoms with Crippen molar-refractivity contribution in [2.75, 3.05) is 0 Å². The lowest BCUT2D eigenvalue weighted by Gasteiger charge is -2.00. The van der Waals surface area contributed by atoms with E-state index in [0.717, 1.165) is 12.1 Å². The van der Waals surface area contributed by atoms with Gasteiger partial charge in [-0.15, -0.1) is 0 Å². The zero-order valence-electron chi connectivity index (χ0n) is 7.09. The highest BCUT2D eigenvalue weighted by Crippen LogP contribution is 2.08. The van der Waals surface area contributed by atoms with Crippen molar-refractivity contribution in [3.63, 3.8) is 0 Å². The molecule has 0 saturated heterocycles. The van der Waals surface area contributed by atoms with E-state index in [1.54, 1.807) is 6.08 Å². The molecular weight excluding hydrogens is 134 g/mol. The molecule has 0 aliphatic heterocycles. The molecule has 0 aromatic carbocycles. The van der Waals surface area contributed by atoms with E-state index in [2.05, 4.69) is 31.5 Å². The standard InChI is InChI=1S/C10H13N/c1-4-9-6-8(3)10(5-2)11-7-9/h5-7H,2,4H2,1,3H3. The number of rotatable bonds is 2. The summed E-state index contributed by atoms with van der Waals surface area (Å²) in [5.74, 6) is 0. The quantitative estimate of drug-likeness (QED) is 0.626. The summed E-state index contributed by atoms with van der Waals surface area (Å²) in [5, 5.41) is 0. The first-order chi connectivity index (χ1) is 5.27. The maximum absolute atomic E-state index is 4.25. The van der Waals surface area contributed by atoms with Crippen molar-refractivity contribution >= 4 is 6.08 Å². The van der Waals surface area contributed by atoms with Gasteiger partial charge >= 0.3 is 0 Å². The maximum atomic E-state index is 4.25. The van der Waals surface area contributed by atoms with Crippen molar-refractivity contribution in [1.29, 1.82) is 0 Å². The summed E-state index contributed by atoms with van der Waals surface area (Å²) >= 11 is 0. The van der Waals surface area contributed by atoms with E-state index >= 15 is 0 Å². The Bertz CT molecular complexity index is 264. The van der Waals surface area contributed by atoms with Gasteiger partial charge in [-0.25, -0.2) is 0 Å². The van der Waals surface area contributed by atoms with Crippen LogP contribution in [0.15, 0.2) is 18.8 Å². The molecule has 0 unspecified atom stereocenters. The summed E-state index contributed by atoms with van der Waals surface area (Å²) in [6.07, 6.45) is 4.74. The fourth-order valence-electron chi connectivity index (χ4n) is 1.05. The molecule has 1 nitrogen and oxygen atoms in total.